The topological polar surface area (TPSA) is 53.2 Å². The van der Waals surface area contributed by atoms with Crippen molar-refractivity contribution < 1.29 is 4.74 Å². The molecule has 1 spiro atoms. The van der Waals surface area contributed by atoms with E-state index in [0.717, 1.165) is 31.3 Å². The summed E-state index contributed by atoms with van der Waals surface area (Å²) in [4.78, 5) is 2.74. The van der Waals surface area contributed by atoms with Crippen molar-refractivity contribution in [3.05, 3.63) is 46.8 Å². The summed E-state index contributed by atoms with van der Waals surface area (Å²) in [5.74, 6) is 1.07. The maximum atomic E-state index is 5.68. The number of aromatic nitrogens is 2. The summed E-state index contributed by atoms with van der Waals surface area (Å²) in [6.45, 7) is 12.2. The standard InChI is InChI=1S/C28H38N4O/c1-18(2)23-11-25-26(12-24(23)21-10-19(3)13-29-14-21)30-31-27(25)20-4-6-22(7-5-20)32-15-28(16-32)8-9-33-17-28/h10-12,14,18,20,22,29H,4-9,13,15-17H2,1-3H3,(H,30,31). The van der Waals surface area contributed by atoms with Gasteiger partial charge in [0.05, 0.1) is 12.1 Å². The van der Waals surface area contributed by atoms with Gasteiger partial charge in [-0.1, -0.05) is 25.5 Å². The maximum absolute atomic E-state index is 5.68. The molecule has 5 heteroatoms. The van der Waals surface area contributed by atoms with Crippen molar-refractivity contribution in [2.75, 3.05) is 32.8 Å². The van der Waals surface area contributed by atoms with E-state index < -0.39 is 0 Å². The first-order valence-corrected chi connectivity index (χ1v) is 13.0. The smallest absolute Gasteiger partial charge is 0.0930 e. The molecule has 3 fully saturated rings. The molecule has 2 N–H and O–H groups in total. The summed E-state index contributed by atoms with van der Waals surface area (Å²) >= 11 is 0. The highest BCUT2D eigenvalue weighted by atomic mass is 16.5. The van der Waals surface area contributed by atoms with Gasteiger partial charge in [-0.2, -0.15) is 5.10 Å². The number of nitrogens with one attached hydrogen (secondary N) is 2. The Labute approximate surface area is 197 Å². The Kier molecular flexibility index (Phi) is 5.38. The van der Waals surface area contributed by atoms with Crippen LogP contribution in [0.5, 0.6) is 0 Å². The molecule has 4 heterocycles. The first-order chi connectivity index (χ1) is 16.0. The molecule has 0 amide bonds. The molecule has 2 saturated heterocycles. The lowest BCUT2D eigenvalue weighted by Gasteiger charge is -2.52. The minimum atomic E-state index is 0.470. The van der Waals surface area contributed by atoms with E-state index in [4.69, 9.17) is 9.84 Å². The summed E-state index contributed by atoms with van der Waals surface area (Å²) in [6.07, 6.45) is 10.9. The highest BCUT2D eigenvalue weighted by Crippen LogP contribution is 2.44. The average molecular weight is 447 g/mol. The molecular formula is C28H38N4O. The molecule has 1 aromatic heterocycles. The van der Waals surface area contributed by atoms with Gasteiger partial charge in [0, 0.05) is 60.9 Å². The Morgan fingerprint density at radius 3 is 2.67 bits per heavy atom. The molecule has 0 bridgehead atoms. The van der Waals surface area contributed by atoms with E-state index in [2.05, 4.69) is 60.5 Å². The van der Waals surface area contributed by atoms with Crippen LogP contribution in [0.3, 0.4) is 0 Å². The molecule has 0 radical (unpaired) electrons. The number of allylic oxidation sites excluding steroid dienone is 2. The van der Waals surface area contributed by atoms with Gasteiger partial charge < -0.3 is 10.1 Å². The van der Waals surface area contributed by atoms with Crippen LogP contribution in [-0.4, -0.2) is 54.0 Å². The Balaban J connectivity index is 1.21. The second-order valence-electron chi connectivity index (χ2n) is 11.4. The Morgan fingerprint density at radius 2 is 1.97 bits per heavy atom. The number of hydrogen-bond acceptors (Lipinski definition) is 4. The SMILES string of the molecule is CC1=CC(c2cc3n[nH]c(C4CCC(N5CC6(CCOC6)C5)CC4)c3cc2C(C)C)=CNC1. The van der Waals surface area contributed by atoms with Crippen molar-refractivity contribution in [1.82, 2.24) is 20.4 Å². The Hall–Kier alpha value is -2.11. The van der Waals surface area contributed by atoms with E-state index in [9.17, 15) is 0 Å². The quantitative estimate of drug-likeness (QED) is 0.667. The summed E-state index contributed by atoms with van der Waals surface area (Å²) in [7, 11) is 0. The van der Waals surface area contributed by atoms with Gasteiger partial charge in [-0.05, 0) is 73.8 Å². The van der Waals surface area contributed by atoms with Gasteiger partial charge in [-0.25, -0.2) is 0 Å². The number of hydrogen-bond donors (Lipinski definition) is 2. The molecule has 0 unspecified atom stereocenters. The second kappa shape index (κ2) is 8.28. The van der Waals surface area contributed by atoms with Crippen LogP contribution in [0.2, 0.25) is 0 Å². The first kappa shape index (κ1) is 21.4. The molecule has 6 rings (SSSR count). The number of likely N-dealkylation sites (tertiary alicyclic amines) is 1. The maximum Gasteiger partial charge on any atom is 0.0930 e. The van der Waals surface area contributed by atoms with E-state index in [1.165, 1.54) is 78.5 Å². The Morgan fingerprint density at radius 1 is 1.15 bits per heavy atom. The van der Waals surface area contributed by atoms with E-state index in [-0.39, 0.29) is 0 Å². The highest BCUT2D eigenvalue weighted by Gasteiger charge is 2.48. The van der Waals surface area contributed by atoms with Gasteiger partial charge in [-0.3, -0.25) is 10.00 Å². The molecule has 33 heavy (non-hydrogen) atoms. The monoisotopic (exact) mass is 446 g/mol. The van der Waals surface area contributed by atoms with Crippen LogP contribution in [-0.2, 0) is 4.74 Å². The van der Waals surface area contributed by atoms with Crippen molar-refractivity contribution in [2.45, 2.75) is 70.8 Å². The minimum Gasteiger partial charge on any atom is -0.387 e. The Bertz CT molecular complexity index is 1090. The van der Waals surface area contributed by atoms with Crippen LogP contribution in [0, 0.1) is 5.41 Å². The van der Waals surface area contributed by atoms with Crippen LogP contribution < -0.4 is 5.32 Å². The highest BCUT2D eigenvalue weighted by molar-refractivity contribution is 5.89. The minimum absolute atomic E-state index is 0.470. The number of rotatable bonds is 4. The van der Waals surface area contributed by atoms with Gasteiger partial charge >= 0.3 is 0 Å². The molecule has 176 valence electrons. The van der Waals surface area contributed by atoms with Crippen molar-refractivity contribution in [2.24, 2.45) is 5.41 Å². The molecule has 5 nitrogen and oxygen atoms in total. The number of H-pyrrole nitrogens is 1. The van der Waals surface area contributed by atoms with Crippen molar-refractivity contribution in [3.8, 4) is 0 Å². The molecular weight excluding hydrogens is 408 g/mol. The van der Waals surface area contributed by atoms with Gasteiger partial charge in [-0.15, -0.1) is 0 Å². The zero-order valence-electron chi connectivity index (χ0n) is 20.4. The molecule has 0 atom stereocenters. The third-order valence-corrected chi connectivity index (χ3v) is 8.61. The first-order valence-electron chi connectivity index (χ1n) is 13.0. The van der Waals surface area contributed by atoms with Crippen molar-refractivity contribution in [1.29, 1.82) is 0 Å². The van der Waals surface area contributed by atoms with E-state index >= 15 is 0 Å². The van der Waals surface area contributed by atoms with E-state index in [0.29, 0.717) is 17.3 Å². The zero-order chi connectivity index (χ0) is 22.6. The number of dihydropyridines is 1. The van der Waals surface area contributed by atoms with Crippen molar-refractivity contribution >= 4 is 16.5 Å². The van der Waals surface area contributed by atoms with Crippen LogP contribution in [0.25, 0.3) is 16.5 Å². The molecule has 4 aliphatic rings. The fourth-order valence-electron chi connectivity index (χ4n) is 6.67. The van der Waals surface area contributed by atoms with Gasteiger partial charge in [0.25, 0.3) is 0 Å². The van der Waals surface area contributed by atoms with Gasteiger partial charge in [0.1, 0.15) is 0 Å². The normalized spacial score (nSPS) is 27.5. The van der Waals surface area contributed by atoms with Crippen LogP contribution in [0.4, 0.5) is 0 Å². The molecule has 3 aliphatic heterocycles. The molecule has 1 saturated carbocycles. The van der Waals surface area contributed by atoms with E-state index in [1.807, 2.05) is 0 Å². The van der Waals surface area contributed by atoms with Crippen molar-refractivity contribution in [3.63, 3.8) is 0 Å². The second-order valence-corrected chi connectivity index (χ2v) is 11.4. The summed E-state index contributed by atoms with van der Waals surface area (Å²) in [5.41, 5.74) is 8.34. The largest absolute Gasteiger partial charge is 0.387 e. The number of ether oxygens (including phenoxy) is 1. The number of fused-ring (bicyclic) bond motifs is 1. The van der Waals surface area contributed by atoms with Crippen LogP contribution in [0.1, 0.15) is 81.5 Å². The van der Waals surface area contributed by atoms with Gasteiger partial charge in [0.2, 0.25) is 0 Å². The third kappa shape index (κ3) is 3.83. The molecule has 2 aromatic rings. The summed E-state index contributed by atoms with van der Waals surface area (Å²) < 4.78 is 5.68. The fourth-order valence-corrected chi connectivity index (χ4v) is 6.67. The van der Waals surface area contributed by atoms with Gasteiger partial charge in [0.15, 0.2) is 0 Å². The average Bonchev–Trinajstić information content (AvgIpc) is 3.45. The summed E-state index contributed by atoms with van der Waals surface area (Å²) in [6, 6.07) is 5.50. The lowest BCUT2D eigenvalue weighted by Crippen LogP contribution is -2.60. The van der Waals surface area contributed by atoms with E-state index in [1.54, 1.807) is 0 Å². The molecule has 1 aliphatic carbocycles. The van der Waals surface area contributed by atoms with Crippen LogP contribution >= 0.6 is 0 Å². The third-order valence-electron chi connectivity index (χ3n) is 8.61. The predicted octanol–water partition coefficient (Wildman–Crippen LogP) is 5.33. The summed E-state index contributed by atoms with van der Waals surface area (Å²) in [5, 5.41) is 13.0. The van der Waals surface area contributed by atoms with Crippen LogP contribution in [0.15, 0.2) is 30.0 Å². The fraction of sp³-hybridized carbons (Fsp3) is 0.607. The molecule has 1 aromatic carbocycles. The number of benzene rings is 1. The number of nitrogens with zero attached hydrogens (tertiary/aromatic N) is 2. The predicted molar refractivity (Wildman–Crippen MR) is 134 cm³/mol. The zero-order valence-corrected chi connectivity index (χ0v) is 20.4. The lowest BCUT2D eigenvalue weighted by atomic mass is 9.75. The number of aromatic amines is 1. The lowest BCUT2D eigenvalue weighted by molar-refractivity contribution is -0.0456.